The molecule has 2 bridgehead atoms. The maximum absolute atomic E-state index is 4.90. The Balaban J connectivity index is 0.00000146. The predicted molar refractivity (Wildman–Crippen MR) is 94.6 cm³/mol. The summed E-state index contributed by atoms with van der Waals surface area (Å²) in [5.41, 5.74) is 7.79. The number of nitrogens with zero attached hydrogens (tertiary/aromatic N) is 1. The van der Waals surface area contributed by atoms with E-state index in [1.807, 2.05) is 0 Å². The summed E-state index contributed by atoms with van der Waals surface area (Å²) in [5, 5.41) is 0. The van der Waals surface area contributed by atoms with Gasteiger partial charge in [-0.05, 0) is 60.1 Å². The maximum Gasteiger partial charge on any atom is 0.0154 e. The molecule has 3 unspecified atom stereocenters. The molecule has 3 atom stereocenters. The summed E-state index contributed by atoms with van der Waals surface area (Å²) in [6, 6.07) is 8.17. The standard InChI is InChI=1S/C22H26N.Pt/c1-22(2)18-10-17-11-21(23-13-19(17)20(22)12-18)16-8-7-14-5-3-4-6-15(14)9-16;/h7,9,13,17-18,20H,3-6,10-12H2,1-2H3;/q-1;. The zero-order valence-corrected chi connectivity index (χ0v) is 16.9. The van der Waals surface area contributed by atoms with Crippen LogP contribution >= 0.6 is 0 Å². The topological polar surface area (TPSA) is 12.4 Å². The summed E-state index contributed by atoms with van der Waals surface area (Å²) >= 11 is 0. The van der Waals surface area contributed by atoms with Crippen LogP contribution in [0, 0.1) is 29.2 Å². The fraction of sp³-hybridized carbons (Fsp3) is 0.591. The minimum Gasteiger partial charge on any atom is -0.309 e. The number of fused-ring (bicyclic) bond motifs is 1. The fourth-order valence-electron chi connectivity index (χ4n) is 5.59. The van der Waals surface area contributed by atoms with Crippen LogP contribution in [0.25, 0.3) is 0 Å². The molecule has 0 amide bonds. The predicted octanol–water partition coefficient (Wildman–Crippen LogP) is 5.12. The van der Waals surface area contributed by atoms with Crippen LogP contribution in [0.2, 0.25) is 0 Å². The van der Waals surface area contributed by atoms with Crippen molar-refractivity contribution in [3.8, 4) is 0 Å². The van der Waals surface area contributed by atoms with Crippen LogP contribution in [0.3, 0.4) is 0 Å². The van der Waals surface area contributed by atoms with E-state index in [-0.39, 0.29) is 21.1 Å². The first-order chi connectivity index (χ1) is 11.1. The molecular weight excluding hydrogens is 473 g/mol. The summed E-state index contributed by atoms with van der Waals surface area (Å²) in [5.74, 6) is 2.48. The molecule has 24 heavy (non-hydrogen) atoms. The first-order valence-corrected chi connectivity index (χ1v) is 9.43. The molecule has 1 aliphatic heterocycles. The Morgan fingerprint density at radius 1 is 1.12 bits per heavy atom. The second kappa shape index (κ2) is 5.94. The van der Waals surface area contributed by atoms with Gasteiger partial charge >= 0.3 is 0 Å². The first kappa shape index (κ1) is 16.8. The van der Waals surface area contributed by atoms with Crippen molar-refractivity contribution in [1.29, 1.82) is 0 Å². The Morgan fingerprint density at radius 3 is 2.71 bits per heavy atom. The van der Waals surface area contributed by atoms with Gasteiger partial charge in [0.05, 0.1) is 0 Å². The van der Waals surface area contributed by atoms with E-state index in [0.717, 1.165) is 24.2 Å². The Morgan fingerprint density at radius 2 is 1.92 bits per heavy atom. The minimum atomic E-state index is 0. The van der Waals surface area contributed by atoms with Gasteiger partial charge in [0, 0.05) is 27.3 Å². The van der Waals surface area contributed by atoms with E-state index in [1.54, 1.807) is 11.1 Å². The first-order valence-electron chi connectivity index (χ1n) is 9.43. The number of rotatable bonds is 1. The molecule has 0 radical (unpaired) electrons. The van der Waals surface area contributed by atoms with Crippen molar-refractivity contribution < 1.29 is 21.1 Å². The number of hydrogen-bond acceptors (Lipinski definition) is 1. The van der Waals surface area contributed by atoms with E-state index in [2.05, 4.69) is 38.2 Å². The molecule has 0 spiro atoms. The Hall–Kier alpha value is -0.682. The SMILES string of the molecule is CC1(C)C2CC3CC(c4[c-]cc5c(c4)CCCC5)=NC=C3C1C2.[Pt]. The van der Waals surface area contributed by atoms with Crippen molar-refractivity contribution >= 4 is 5.71 Å². The monoisotopic (exact) mass is 499 g/mol. The van der Waals surface area contributed by atoms with Gasteiger partial charge in [0.2, 0.25) is 0 Å². The van der Waals surface area contributed by atoms with Gasteiger partial charge in [-0.15, -0.1) is 34.9 Å². The Bertz CT molecular complexity index is 727. The number of allylic oxidation sites excluding steroid dienone is 1. The van der Waals surface area contributed by atoms with Crippen LogP contribution in [-0.4, -0.2) is 5.71 Å². The number of benzene rings is 1. The third kappa shape index (κ3) is 2.42. The quantitative estimate of drug-likeness (QED) is 0.476. The molecule has 3 fully saturated rings. The van der Waals surface area contributed by atoms with E-state index in [4.69, 9.17) is 4.99 Å². The number of hydrogen-bond donors (Lipinski definition) is 0. The van der Waals surface area contributed by atoms with Gasteiger partial charge in [0.25, 0.3) is 0 Å². The molecule has 2 heteroatoms. The van der Waals surface area contributed by atoms with Gasteiger partial charge in [0.1, 0.15) is 0 Å². The molecule has 0 N–H and O–H groups in total. The smallest absolute Gasteiger partial charge is 0.0154 e. The summed E-state index contributed by atoms with van der Waals surface area (Å²) in [6.45, 7) is 4.92. The van der Waals surface area contributed by atoms with Gasteiger partial charge in [-0.3, -0.25) is 0 Å². The Labute approximate surface area is 160 Å². The average Bonchev–Trinajstić information content (AvgIpc) is 2.60. The molecule has 6 rings (SSSR count). The third-order valence-corrected chi connectivity index (χ3v) is 7.31. The molecular formula is C22H26NPt-. The summed E-state index contributed by atoms with van der Waals surface area (Å²) < 4.78 is 0. The molecule has 1 aromatic carbocycles. The van der Waals surface area contributed by atoms with Crippen LogP contribution < -0.4 is 0 Å². The second-order valence-electron chi connectivity index (χ2n) is 8.75. The van der Waals surface area contributed by atoms with Gasteiger partial charge in [-0.2, -0.15) is 0 Å². The molecule has 1 nitrogen and oxygen atoms in total. The normalized spacial score (nSPS) is 32.3. The van der Waals surface area contributed by atoms with E-state index >= 15 is 0 Å². The molecule has 0 saturated heterocycles. The maximum atomic E-state index is 4.90. The summed E-state index contributed by atoms with van der Waals surface area (Å²) in [4.78, 5) is 4.90. The third-order valence-electron chi connectivity index (χ3n) is 7.31. The van der Waals surface area contributed by atoms with E-state index in [1.165, 1.54) is 55.4 Å². The van der Waals surface area contributed by atoms with Crippen molar-refractivity contribution in [2.24, 2.45) is 28.2 Å². The van der Waals surface area contributed by atoms with Crippen molar-refractivity contribution in [2.75, 3.05) is 0 Å². The van der Waals surface area contributed by atoms with Crippen molar-refractivity contribution in [3.63, 3.8) is 0 Å². The molecule has 3 saturated carbocycles. The van der Waals surface area contributed by atoms with Gasteiger partial charge in [-0.1, -0.05) is 33.1 Å². The minimum absolute atomic E-state index is 0. The molecule has 4 aliphatic carbocycles. The molecule has 130 valence electrons. The van der Waals surface area contributed by atoms with Gasteiger partial charge < -0.3 is 4.99 Å². The average molecular weight is 500 g/mol. The zero-order chi connectivity index (χ0) is 15.6. The van der Waals surface area contributed by atoms with E-state index < -0.39 is 0 Å². The summed E-state index contributed by atoms with van der Waals surface area (Å²) in [6.07, 6.45) is 11.3. The van der Waals surface area contributed by atoms with Crippen molar-refractivity contribution in [2.45, 2.75) is 58.8 Å². The van der Waals surface area contributed by atoms with Crippen molar-refractivity contribution in [3.05, 3.63) is 46.7 Å². The van der Waals surface area contributed by atoms with Crippen LogP contribution in [0.15, 0.2) is 28.9 Å². The van der Waals surface area contributed by atoms with Gasteiger partial charge in [0.15, 0.2) is 0 Å². The summed E-state index contributed by atoms with van der Waals surface area (Å²) in [7, 11) is 0. The van der Waals surface area contributed by atoms with Crippen LogP contribution in [0.4, 0.5) is 0 Å². The van der Waals surface area contributed by atoms with Crippen LogP contribution in [0.1, 0.15) is 62.6 Å². The molecule has 0 aromatic heterocycles. The Kier molecular flexibility index (Phi) is 4.15. The molecule has 1 aromatic rings. The zero-order valence-electron chi connectivity index (χ0n) is 14.7. The van der Waals surface area contributed by atoms with E-state index in [0.29, 0.717) is 5.41 Å². The molecule has 5 aliphatic rings. The van der Waals surface area contributed by atoms with E-state index in [9.17, 15) is 0 Å². The second-order valence-corrected chi connectivity index (χ2v) is 8.75. The largest absolute Gasteiger partial charge is 0.309 e. The fourth-order valence-corrected chi connectivity index (χ4v) is 5.59. The van der Waals surface area contributed by atoms with Gasteiger partial charge in [-0.25, -0.2) is 0 Å². The number of aryl methyl sites for hydroxylation is 2. The van der Waals surface area contributed by atoms with Crippen LogP contribution in [-0.2, 0) is 33.9 Å². The molecule has 1 heterocycles. The number of aliphatic imine (C=N–C) groups is 1. The van der Waals surface area contributed by atoms with Crippen LogP contribution in [0.5, 0.6) is 0 Å². The van der Waals surface area contributed by atoms with Crippen molar-refractivity contribution in [1.82, 2.24) is 0 Å².